The summed E-state index contributed by atoms with van der Waals surface area (Å²) in [6.45, 7) is 3.68. The summed E-state index contributed by atoms with van der Waals surface area (Å²) in [5.74, 6) is -0.514. The average Bonchev–Trinajstić information content (AvgIpc) is 2.97. The summed E-state index contributed by atoms with van der Waals surface area (Å²) in [6, 6.07) is 12.2. The largest absolute Gasteiger partial charge is 0.416 e. The van der Waals surface area contributed by atoms with Gasteiger partial charge in [0.1, 0.15) is 0 Å². The Kier molecular flexibility index (Phi) is 5.04. The number of nitrogens with zero attached hydrogens (tertiary/aromatic N) is 2. The molecule has 2 aliphatic heterocycles. The predicted molar refractivity (Wildman–Crippen MR) is 101 cm³/mol. The highest BCUT2D eigenvalue weighted by atomic mass is 19.4. The summed E-state index contributed by atoms with van der Waals surface area (Å²) in [5.41, 5.74) is 0.818. The predicted octanol–water partition coefficient (Wildman–Crippen LogP) is 1.71. The van der Waals surface area contributed by atoms with Gasteiger partial charge in [-0.15, -0.1) is 0 Å². The first-order chi connectivity index (χ1) is 13.8. The summed E-state index contributed by atoms with van der Waals surface area (Å²) >= 11 is 0. The number of fused-ring (bicyclic) bond motifs is 1. The number of carbonyl (C=O) groups excluding carboxylic acids is 2. The zero-order valence-corrected chi connectivity index (χ0v) is 15.7. The Hall–Kier alpha value is -2.87. The van der Waals surface area contributed by atoms with E-state index in [0.717, 1.165) is 19.2 Å². The van der Waals surface area contributed by atoms with Gasteiger partial charge in [-0.25, -0.2) is 0 Å². The van der Waals surface area contributed by atoms with Crippen molar-refractivity contribution in [3.8, 4) is 0 Å². The third-order valence-electron chi connectivity index (χ3n) is 5.58. The second kappa shape index (κ2) is 7.51. The lowest BCUT2D eigenvalue weighted by atomic mass is 10.1. The molecule has 0 atom stereocenters. The molecule has 0 spiro atoms. The molecule has 2 amide bonds. The SMILES string of the molecule is O=C1c2ccccc2C(=O)N1CC[NH+]1CCN(c2cccc(C(F)(F)F)c2)CC1. The van der Waals surface area contributed by atoms with Crippen LogP contribution in [0, 0.1) is 0 Å². The van der Waals surface area contributed by atoms with Crippen molar-refractivity contribution >= 4 is 17.5 Å². The average molecular weight is 404 g/mol. The zero-order valence-electron chi connectivity index (χ0n) is 15.7. The smallest absolute Gasteiger partial charge is 0.360 e. The minimum absolute atomic E-state index is 0.257. The molecule has 5 nitrogen and oxygen atoms in total. The van der Waals surface area contributed by atoms with Gasteiger partial charge in [-0.3, -0.25) is 14.5 Å². The van der Waals surface area contributed by atoms with E-state index in [1.807, 2.05) is 4.90 Å². The number of rotatable bonds is 4. The fraction of sp³-hybridized carbons (Fsp3) is 0.333. The van der Waals surface area contributed by atoms with E-state index in [0.29, 0.717) is 43.0 Å². The van der Waals surface area contributed by atoms with Crippen molar-refractivity contribution in [2.45, 2.75) is 6.18 Å². The highest BCUT2D eigenvalue weighted by Gasteiger charge is 2.36. The molecule has 1 N–H and O–H groups in total. The van der Waals surface area contributed by atoms with E-state index in [-0.39, 0.29) is 11.8 Å². The number of halogens is 3. The first kappa shape index (κ1) is 19.4. The van der Waals surface area contributed by atoms with Gasteiger partial charge in [0.25, 0.3) is 11.8 Å². The number of amides is 2. The Labute approximate surface area is 166 Å². The maximum Gasteiger partial charge on any atom is 0.416 e. The fourth-order valence-electron chi connectivity index (χ4n) is 3.92. The van der Waals surface area contributed by atoms with Crippen LogP contribution in [0.5, 0.6) is 0 Å². The van der Waals surface area contributed by atoms with Gasteiger partial charge in [0.15, 0.2) is 0 Å². The lowest BCUT2D eigenvalue weighted by Crippen LogP contribution is -3.15. The summed E-state index contributed by atoms with van der Waals surface area (Å²) in [5, 5.41) is 0. The molecule has 0 aliphatic carbocycles. The van der Waals surface area contributed by atoms with Crippen molar-refractivity contribution in [2.75, 3.05) is 44.2 Å². The molecule has 2 aromatic carbocycles. The van der Waals surface area contributed by atoms with Crippen LogP contribution in [0.4, 0.5) is 18.9 Å². The normalized spacial score (nSPS) is 17.8. The zero-order chi connectivity index (χ0) is 20.6. The monoisotopic (exact) mass is 404 g/mol. The minimum atomic E-state index is -4.35. The maximum atomic E-state index is 12.9. The summed E-state index contributed by atoms with van der Waals surface area (Å²) in [6.07, 6.45) is -4.35. The van der Waals surface area contributed by atoms with Gasteiger partial charge in [-0.2, -0.15) is 13.2 Å². The number of hydrogen-bond donors (Lipinski definition) is 1. The minimum Gasteiger partial charge on any atom is -0.360 e. The van der Waals surface area contributed by atoms with Crippen molar-refractivity contribution in [3.05, 3.63) is 65.2 Å². The lowest BCUT2D eigenvalue weighted by molar-refractivity contribution is -0.899. The standard InChI is InChI=1S/C21H20F3N3O2/c22-21(23,24)15-4-3-5-16(14-15)26-11-8-25(9-12-26)10-13-27-19(28)17-6-1-2-7-18(17)20(27)29/h1-7,14H,8-13H2/p+1. The Morgan fingerprint density at radius 1 is 0.897 bits per heavy atom. The van der Waals surface area contributed by atoms with Gasteiger partial charge in [0, 0.05) is 5.69 Å². The molecule has 0 aromatic heterocycles. The molecule has 4 rings (SSSR count). The van der Waals surface area contributed by atoms with Crippen molar-refractivity contribution in [3.63, 3.8) is 0 Å². The molecule has 1 fully saturated rings. The molecule has 2 aliphatic rings. The molecule has 8 heteroatoms. The molecule has 152 valence electrons. The van der Waals surface area contributed by atoms with Crippen molar-refractivity contribution in [1.82, 2.24) is 4.90 Å². The van der Waals surface area contributed by atoms with Gasteiger partial charge >= 0.3 is 6.18 Å². The lowest BCUT2D eigenvalue weighted by Gasteiger charge is -2.34. The van der Waals surface area contributed by atoms with E-state index in [2.05, 4.69) is 0 Å². The second-order valence-electron chi connectivity index (χ2n) is 7.34. The van der Waals surface area contributed by atoms with Gasteiger partial charge in [0.2, 0.25) is 0 Å². The van der Waals surface area contributed by atoms with Crippen LogP contribution in [0.15, 0.2) is 48.5 Å². The molecule has 2 aromatic rings. The fourth-order valence-corrected chi connectivity index (χ4v) is 3.92. The van der Waals surface area contributed by atoms with E-state index >= 15 is 0 Å². The summed E-state index contributed by atoms with van der Waals surface area (Å²) in [4.78, 5) is 29.3. The number of carbonyl (C=O) groups is 2. The Morgan fingerprint density at radius 3 is 2.10 bits per heavy atom. The Morgan fingerprint density at radius 2 is 1.52 bits per heavy atom. The number of piperazine rings is 1. The number of alkyl halides is 3. The molecule has 1 saturated heterocycles. The van der Waals surface area contributed by atoms with Gasteiger partial charge < -0.3 is 9.80 Å². The number of nitrogens with one attached hydrogen (secondary N) is 1. The number of quaternary nitrogens is 1. The second-order valence-corrected chi connectivity index (χ2v) is 7.34. The summed E-state index contributed by atoms with van der Waals surface area (Å²) in [7, 11) is 0. The maximum absolute atomic E-state index is 12.9. The topological polar surface area (TPSA) is 45.1 Å². The third kappa shape index (κ3) is 3.85. The van der Waals surface area contributed by atoms with Gasteiger partial charge in [-0.05, 0) is 30.3 Å². The van der Waals surface area contributed by atoms with Crippen LogP contribution in [0.2, 0.25) is 0 Å². The number of benzene rings is 2. The highest BCUT2D eigenvalue weighted by molar-refractivity contribution is 6.21. The van der Waals surface area contributed by atoms with E-state index < -0.39 is 11.7 Å². The van der Waals surface area contributed by atoms with Gasteiger partial charge in [-0.1, -0.05) is 18.2 Å². The van der Waals surface area contributed by atoms with E-state index in [1.165, 1.54) is 21.9 Å². The van der Waals surface area contributed by atoms with E-state index in [9.17, 15) is 22.8 Å². The molecule has 0 unspecified atom stereocenters. The number of imide groups is 1. The molecule has 0 saturated carbocycles. The van der Waals surface area contributed by atoms with Crippen LogP contribution in [-0.4, -0.2) is 56.0 Å². The number of anilines is 1. The molecule has 0 bridgehead atoms. The molecule has 29 heavy (non-hydrogen) atoms. The van der Waals surface area contributed by atoms with Crippen LogP contribution in [-0.2, 0) is 6.18 Å². The quantitative estimate of drug-likeness (QED) is 0.790. The number of hydrogen-bond acceptors (Lipinski definition) is 3. The van der Waals surface area contributed by atoms with Crippen LogP contribution in [0.3, 0.4) is 0 Å². The molecular formula is C21H21F3N3O2+. The van der Waals surface area contributed by atoms with Crippen LogP contribution in [0.1, 0.15) is 26.3 Å². The van der Waals surface area contributed by atoms with Crippen molar-refractivity contribution in [1.29, 1.82) is 0 Å². The van der Waals surface area contributed by atoms with Crippen molar-refractivity contribution < 1.29 is 27.7 Å². The van der Waals surface area contributed by atoms with Gasteiger partial charge in [0.05, 0.1) is 56.0 Å². The first-order valence-corrected chi connectivity index (χ1v) is 9.55. The van der Waals surface area contributed by atoms with Crippen LogP contribution < -0.4 is 9.80 Å². The Balaban J connectivity index is 1.32. The van der Waals surface area contributed by atoms with Crippen LogP contribution in [0.25, 0.3) is 0 Å². The van der Waals surface area contributed by atoms with Crippen molar-refractivity contribution in [2.24, 2.45) is 0 Å². The van der Waals surface area contributed by atoms with E-state index in [1.54, 1.807) is 30.3 Å². The summed E-state index contributed by atoms with van der Waals surface area (Å²) < 4.78 is 38.8. The molecule has 0 radical (unpaired) electrons. The van der Waals surface area contributed by atoms with E-state index in [4.69, 9.17) is 0 Å². The van der Waals surface area contributed by atoms with Crippen LogP contribution >= 0.6 is 0 Å². The highest BCUT2D eigenvalue weighted by Crippen LogP contribution is 2.31. The first-order valence-electron chi connectivity index (χ1n) is 9.55. The molecule has 2 heterocycles. The third-order valence-corrected chi connectivity index (χ3v) is 5.58. The Bertz CT molecular complexity index is 902. The molecular weight excluding hydrogens is 383 g/mol.